The van der Waals surface area contributed by atoms with Gasteiger partial charge < -0.3 is 11.1 Å². The van der Waals surface area contributed by atoms with Gasteiger partial charge in [-0.2, -0.15) is 13.2 Å². The molecule has 0 saturated heterocycles. The Bertz CT molecular complexity index is 719. The Morgan fingerprint density at radius 3 is 2.48 bits per heavy atom. The minimum Gasteiger partial charge on any atom is -0.376 e. The van der Waals surface area contributed by atoms with Crippen molar-refractivity contribution in [3.8, 4) is 0 Å². The average molecular weight is 364 g/mol. The summed E-state index contributed by atoms with van der Waals surface area (Å²) >= 11 is 10.5. The number of nitrogens with two attached hydrogens (primary N) is 1. The standard InChI is InChI=1S/C14H10ClF4N3S/c15-9-1-2-11(21-6-9)12(22-13(20)23)7-3-8(14(17,18)19)5-10(16)4-7/h1-6,12H,(H3,20,22,23)/t12-/m0/s1. The number of rotatable bonds is 3. The zero-order chi connectivity index (χ0) is 17.2. The number of nitrogens with one attached hydrogen (secondary N) is 1. The minimum atomic E-state index is -4.68. The average Bonchev–Trinajstić information content (AvgIpc) is 2.44. The molecule has 0 aliphatic rings. The number of alkyl halides is 3. The largest absolute Gasteiger partial charge is 0.416 e. The Morgan fingerprint density at radius 1 is 1.26 bits per heavy atom. The maximum absolute atomic E-state index is 13.6. The van der Waals surface area contributed by atoms with Crippen LogP contribution in [0.1, 0.15) is 22.9 Å². The smallest absolute Gasteiger partial charge is 0.376 e. The number of hydrogen-bond acceptors (Lipinski definition) is 2. The van der Waals surface area contributed by atoms with Crippen molar-refractivity contribution in [2.24, 2.45) is 5.73 Å². The molecule has 2 rings (SSSR count). The molecular formula is C14H10ClF4N3S. The van der Waals surface area contributed by atoms with Gasteiger partial charge in [0.25, 0.3) is 0 Å². The molecule has 9 heteroatoms. The number of aromatic nitrogens is 1. The SMILES string of the molecule is NC(=S)N[C@@H](c1cc(F)cc(C(F)(F)F)c1)c1ccc(Cl)cn1. The third kappa shape index (κ3) is 4.52. The Morgan fingerprint density at radius 2 is 1.96 bits per heavy atom. The molecule has 1 aromatic heterocycles. The highest BCUT2D eigenvalue weighted by atomic mass is 35.5. The van der Waals surface area contributed by atoms with Crippen LogP contribution in [0.2, 0.25) is 5.02 Å². The second kappa shape index (κ2) is 6.67. The van der Waals surface area contributed by atoms with Gasteiger partial charge in [-0.25, -0.2) is 4.39 Å². The van der Waals surface area contributed by atoms with E-state index in [-0.39, 0.29) is 10.7 Å². The lowest BCUT2D eigenvalue weighted by Gasteiger charge is -2.20. The van der Waals surface area contributed by atoms with E-state index in [0.29, 0.717) is 16.8 Å². The van der Waals surface area contributed by atoms with E-state index < -0.39 is 23.6 Å². The molecule has 0 aliphatic carbocycles. The molecule has 3 N–H and O–H groups in total. The zero-order valence-electron chi connectivity index (χ0n) is 11.4. The molecular weight excluding hydrogens is 354 g/mol. The molecule has 1 atom stereocenters. The van der Waals surface area contributed by atoms with Gasteiger partial charge in [-0.3, -0.25) is 4.98 Å². The highest BCUT2D eigenvalue weighted by Crippen LogP contribution is 2.33. The van der Waals surface area contributed by atoms with E-state index in [4.69, 9.17) is 29.6 Å². The Kier molecular flexibility index (Phi) is 5.06. The van der Waals surface area contributed by atoms with Crippen molar-refractivity contribution in [2.75, 3.05) is 0 Å². The van der Waals surface area contributed by atoms with Crippen LogP contribution < -0.4 is 11.1 Å². The first-order valence-electron chi connectivity index (χ1n) is 6.22. The van der Waals surface area contributed by atoms with Crippen LogP contribution in [0.25, 0.3) is 0 Å². The van der Waals surface area contributed by atoms with E-state index in [1.54, 1.807) is 0 Å². The van der Waals surface area contributed by atoms with Crippen LogP contribution in [0.5, 0.6) is 0 Å². The fraction of sp³-hybridized carbons (Fsp3) is 0.143. The summed E-state index contributed by atoms with van der Waals surface area (Å²) in [6, 6.07) is 4.23. The lowest BCUT2D eigenvalue weighted by molar-refractivity contribution is -0.137. The summed E-state index contributed by atoms with van der Waals surface area (Å²) in [7, 11) is 0. The van der Waals surface area contributed by atoms with Crippen LogP contribution in [-0.4, -0.2) is 10.1 Å². The molecule has 0 spiro atoms. The Balaban J connectivity index is 2.53. The van der Waals surface area contributed by atoms with Crippen molar-refractivity contribution in [3.05, 3.63) is 64.2 Å². The van der Waals surface area contributed by atoms with Crippen LogP contribution >= 0.6 is 23.8 Å². The summed E-state index contributed by atoms with van der Waals surface area (Å²) in [5, 5.41) is 2.79. The van der Waals surface area contributed by atoms with Gasteiger partial charge in [0, 0.05) is 6.20 Å². The minimum absolute atomic E-state index is 0.0139. The van der Waals surface area contributed by atoms with Crippen molar-refractivity contribution in [3.63, 3.8) is 0 Å². The number of nitrogens with zero attached hydrogens (tertiary/aromatic N) is 1. The van der Waals surface area contributed by atoms with Gasteiger partial charge in [0.2, 0.25) is 0 Å². The van der Waals surface area contributed by atoms with Gasteiger partial charge in [-0.1, -0.05) is 11.6 Å². The normalized spacial score (nSPS) is 12.7. The van der Waals surface area contributed by atoms with Crippen LogP contribution in [-0.2, 0) is 6.18 Å². The molecule has 23 heavy (non-hydrogen) atoms. The molecule has 1 heterocycles. The Labute approximate surface area is 139 Å². The van der Waals surface area contributed by atoms with Gasteiger partial charge in [-0.15, -0.1) is 0 Å². The number of thiocarbonyl (C=S) groups is 1. The van der Waals surface area contributed by atoms with Crippen LogP contribution in [0.15, 0.2) is 36.5 Å². The van der Waals surface area contributed by atoms with Gasteiger partial charge >= 0.3 is 6.18 Å². The van der Waals surface area contributed by atoms with Crippen molar-refractivity contribution in [2.45, 2.75) is 12.2 Å². The van der Waals surface area contributed by atoms with Crippen LogP contribution in [0.3, 0.4) is 0 Å². The second-order valence-corrected chi connectivity index (χ2v) is 5.49. The topological polar surface area (TPSA) is 50.9 Å². The molecule has 0 bridgehead atoms. The van der Waals surface area contributed by atoms with E-state index in [0.717, 1.165) is 12.1 Å². The summed E-state index contributed by atoms with van der Waals surface area (Å²) in [4.78, 5) is 4.02. The molecule has 122 valence electrons. The van der Waals surface area contributed by atoms with E-state index in [2.05, 4.69) is 10.3 Å². The third-order valence-corrected chi connectivity index (χ3v) is 3.25. The summed E-state index contributed by atoms with van der Waals surface area (Å²) in [6.07, 6.45) is -3.37. The number of halogens is 5. The monoisotopic (exact) mass is 363 g/mol. The van der Waals surface area contributed by atoms with Crippen molar-refractivity contribution in [1.29, 1.82) is 0 Å². The molecule has 0 amide bonds. The first-order valence-corrected chi connectivity index (χ1v) is 7.00. The quantitative estimate of drug-likeness (QED) is 0.643. The lowest BCUT2D eigenvalue weighted by atomic mass is 10.00. The summed E-state index contributed by atoms with van der Waals surface area (Å²) in [5.41, 5.74) is 4.57. The molecule has 0 saturated carbocycles. The van der Waals surface area contributed by atoms with Gasteiger partial charge in [-0.05, 0) is 48.1 Å². The lowest BCUT2D eigenvalue weighted by Crippen LogP contribution is -2.34. The number of benzene rings is 1. The highest BCUT2D eigenvalue weighted by Gasteiger charge is 2.32. The third-order valence-electron chi connectivity index (χ3n) is 2.91. The van der Waals surface area contributed by atoms with E-state index in [1.807, 2.05) is 0 Å². The summed E-state index contributed by atoms with van der Waals surface area (Å²) in [5.74, 6) is -1.03. The first kappa shape index (κ1) is 17.4. The maximum Gasteiger partial charge on any atom is 0.416 e. The van der Waals surface area contributed by atoms with E-state index in [1.165, 1.54) is 18.3 Å². The maximum atomic E-state index is 13.6. The number of pyridine rings is 1. The molecule has 0 aliphatic heterocycles. The highest BCUT2D eigenvalue weighted by molar-refractivity contribution is 7.80. The zero-order valence-corrected chi connectivity index (χ0v) is 12.9. The molecule has 0 fully saturated rings. The second-order valence-electron chi connectivity index (χ2n) is 4.61. The predicted molar refractivity (Wildman–Crippen MR) is 82.4 cm³/mol. The predicted octanol–water partition coefficient (Wildman–Crippen LogP) is 3.82. The molecule has 0 radical (unpaired) electrons. The van der Waals surface area contributed by atoms with Gasteiger partial charge in [0.1, 0.15) is 5.82 Å². The molecule has 2 aromatic rings. The summed E-state index contributed by atoms with van der Waals surface area (Å²) < 4.78 is 52.2. The van der Waals surface area contributed by atoms with Crippen molar-refractivity contribution >= 4 is 28.9 Å². The first-order chi connectivity index (χ1) is 10.7. The van der Waals surface area contributed by atoms with Crippen LogP contribution in [0, 0.1) is 5.82 Å². The fourth-order valence-electron chi connectivity index (χ4n) is 1.97. The Hall–Kier alpha value is -1.93. The number of hydrogen-bond donors (Lipinski definition) is 2. The van der Waals surface area contributed by atoms with Gasteiger partial charge in [0.05, 0.1) is 22.3 Å². The van der Waals surface area contributed by atoms with E-state index >= 15 is 0 Å². The van der Waals surface area contributed by atoms with Crippen LogP contribution in [0.4, 0.5) is 17.6 Å². The van der Waals surface area contributed by atoms with Crippen molar-refractivity contribution in [1.82, 2.24) is 10.3 Å². The molecule has 3 nitrogen and oxygen atoms in total. The van der Waals surface area contributed by atoms with Crippen molar-refractivity contribution < 1.29 is 17.6 Å². The summed E-state index contributed by atoms with van der Waals surface area (Å²) in [6.45, 7) is 0. The molecule has 1 aromatic carbocycles. The fourth-order valence-corrected chi connectivity index (χ4v) is 2.20. The van der Waals surface area contributed by atoms with Gasteiger partial charge in [0.15, 0.2) is 5.11 Å². The van der Waals surface area contributed by atoms with E-state index in [9.17, 15) is 17.6 Å². The molecule has 0 unspecified atom stereocenters.